The number of carboxylic acids is 1. The van der Waals surface area contributed by atoms with Crippen LogP contribution in [0.2, 0.25) is 0 Å². The highest BCUT2D eigenvalue weighted by atomic mass is 16.4. The molecule has 3 rings (SSSR count). The van der Waals surface area contributed by atoms with Gasteiger partial charge in [0.05, 0.1) is 5.41 Å². The van der Waals surface area contributed by atoms with Crippen molar-refractivity contribution in [2.45, 2.75) is 44.1 Å². The predicted octanol–water partition coefficient (Wildman–Crippen LogP) is 1.44. The van der Waals surface area contributed by atoms with Crippen molar-refractivity contribution in [3.05, 3.63) is 0 Å². The van der Waals surface area contributed by atoms with Crippen molar-refractivity contribution in [1.29, 1.82) is 0 Å². The molecule has 0 saturated heterocycles. The highest BCUT2D eigenvalue weighted by molar-refractivity contribution is 5.77. The van der Waals surface area contributed by atoms with Gasteiger partial charge in [0.2, 0.25) is 0 Å². The van der Waals surface area contributed by atoms with Gasteiger partial charge in [-0.3, -0.25) is 4.79 Å². The number of rotatable bonds is 2. The second-order valence-corrected chi connectivity index (χ2v) is 5.69. The first kappa shape index (κ1) is 12.2. The molecule has 5 nitrogen and oxygen atoms in total. The van der Waals surface area contributed by atoms with Gasteiger partial charge < -0.3 is 15.3 Å². The van der Waals surface area contributed by atoms with E-state index in [1.165, 1.54) is 4.90 Å². The smallest absolute Gasteiger partial charge is 0.317 e. The van der Waals surface area contributed by atoms with E-state index in [4.69, 9.17) is 0 Å². The molecule has 3 saturated carbocycles. The third-order valence-corrected chi connectivity index (χ3v) is 4.48. The lowest BCUT2D eigenvalue weighted by molar-refractivity contribution is -0.156. The van der Waals surface area contributed by atoms with E-state index >= 15 is 0 Å². The van der Waals surface area contributed by atoms with Crippen LogP contribution < -0.4 is 5.32 Å². The third-order valence-electron chi connectivity index (χ3n) is 4.48. The van der Waals surface area contributed by atoms with Gasteiger partial charge >= 0.3 is 12.0 Å². The van der Waals surface area contributed by atoms with Gasteiger partial charge in [-0.05, 0) is 38.5 Å². The summed E-state index contributed by atoms with van der Waals surface area (Å²) in [6.45, 7) is 0. The monoisotopic (exact) mass is 240 g/mol. The van der Waals surface area contributed by atoms with Crippen LogP contribution in [0.5, 0.6) is 0 Å². The van der Waals surface area contributed by atoms with E-state index in [0.717, 1.165) is 19.3 Å². The maximum absolute atomic E-state index is 11.7. The number of carbonyl (C=O) groups excluding carboxylic acids is 1. The molecule has 2 amide bonds. The second-order valence-electron chi connectivity index (χ2n) is 5.69. The molecule has 0 radical (unpaired) electrons. The first-order valence-corrected chi connectivity index (χ1v) is 6.12. The van der Waals surface area contributed by atoms with Gasteiger partial charge in [0.25, 0.3) is 0 Å². The Morgan fingerprint density at radius 1 is 1.06 bits per heavy atom. The van der Waals surface area contributed by atoms with Crippen molar-refractivity contribution in [3.63, 3.8) is 0 Å². The van der Waals surface area contributed by atoms with E-state index in [1.54, 1.807) is 14.1 Å². The number of carbonyl (C=O) groups is 2. The van der Waals surface area contributed by atoms with Crippen molar-refractivity contribution in [2.24, 2.45) is 5.41 Å². The summed E-state index contributed by atoms with van der Waals surface area (Å²) in [6.07, 6.45) is 4.44. The fourth-order valence-electron chi connectivity index (χ4n) is 3.03. The van der Waals surface area contributed by atoms with Gasteiger partial charge in [0, 0.05) is 19.6 Å². The molecule has 96 valence electrons. The van der Waals surface area contributed by atoms with Crippen LogP contribution in [-0.2, 0) is 4.79 Å². The highest BCUT2D eigenvalue weighted by Crippen LogP contribution is 2.52. The van der Waals surface area contributed by atoms with E-state index in [9.17, 15) is 14.7 Å². The maximum Gasteiger partial charge on any atom is 0.317 e. The van der Waals surface area contributed by atoms with E-state index in [2.05, 4.69) is 5.32 Å². The number of nitrogens with one attached hydrogen (secondary N) is 1. The molecule has 5 heteroatoms. The van der Waals surface area contributed by atoms with Crippen LogP contribution in [0.1, 0.15) is 38.5 Å². The van der Waals surface area contributed by atoms with Crippen LogP contribution >= 0.6 is 0 Å². The maximum atomic E-state index is 11.7. The minimum Gasteiger partial charge on any atom is -0.481 e. The number of carboxylic acid groups (broad SMARTS) is 1. The summed E-state index contributed by atoms with van der Waals surface area (Å²) in [7, 11) is 3.44. The molecule has 17 heavy (non-hydrogen) atoms. The van der Waals surface area contributed by atoms with Gasteiger partial charge in [-0.15, -0.1) is 0 Å². The number of nitrogens with zero attached hydrogens (tertiary/aromatic N) is 1. The second kappa shape index (κ2) is 3.89. The molecule has 0 aliphatic heterocycles. The lowest BCUT2D eigenvalue weighted by Crippen LogP contribution is -2.59. The normalized spacial score (nSPS) is 35.4. The van der Waals surface area contributed by atoms with Crippen molar-refractivity contribution < 1.29 is 14.7 Å². The minimum atomic E-state index is -0.662. The number of amides is 2. The molecule has 0 atom stereocenters. The molecule has 2 N–H and O–H groups in total. The third kappa shape index (κ3) is 1.98. The molecule has 0 spiro atoms. The summed E-state index contributed by atoms with van der Waals surface area (Å²) >= 11 is 0. The van der Waals surface area contributed by atoms with Crippen molar-refractivity contribution in [2.75, 3.05) is 14.1 Å². The number of fused-ring (bicyclic) bond motifs is 3. The first-order valence-electron chi connectivity index (χ1n) is 6.12. The fraction of sp³-hybridized carbons (Fsp3) is 0.833. The fourth-order valence-corrected chi connectivity index (χ4v) is 3.03. The Bertz CT molecular complexity index is 327. The van der Waals surface area contributed by atoms with Gasteiger partial charge in [-0.1, -0.05) is 0 Å². The Hall–Kier alpha value is -1.26. The summed E-state index contributed by atoms with van der Waals surface area (Å²) in [4.78, 5) is 24.5. The van der Waals surface area contributed by atoms with Crippen LogP contribution in [-0.4, -0.2) is 41.6 Å². The number of urea groups is 1. The molecule has 0 heterocycles. The van der Waals surface area contributed by atoms with Crippen molar-refractivity contribution >= 4 is 12.0 Å². The summed E-state index contributed by atoms with van der Waals surface area (Å²) in [5.74, 6) is -0.662. The van der Waals surface area contributed by atoms with Crippen LogP contribution in [0.25, 0.3) is 0 Å². The van der Waals surface area contributed by atoms with Crippen LogP contribution in [0.3, 0.4) is 0 Å². The highest BCUT2D eigenvalue weighted by Gasteiger charge is 2.53. The lowest BCUT2D eigenvalue weighted by Gasteiger charge is -2.51. The molecule has 3 fully saturated rings. The van der Waals surface area contributed by atoms with E-state index in [1.807, 2.05) is 0 Å². The summed E-state index contributed by atoms with van der Waals surface area (Å²) in [6, 6.07) is -0.0743. The summed E-state index contributed by atoms with van der Waals surface area (Å²) in [5, 5.41) is 12.3. The molecular weight excluding hydrogens is 220 g/mol. The number of aliphatic carboxylic acids is 1. The first-order chi connectivity index (χ1) is 7.89. The Balaban J connectivity index is 2.04. The molecule has 2 bridgehead atoms. The SMILES string of the molecule is CN(C)C(=O)NC12CCC(C(=O)O)(CC1)CC2. The van der Waals surface area contributed by atoms with Crippen molar-refractivity contribution in [1.82, 2.24) is 10.2 Å². The lowest BCUT2D eigenvalue weighted by atomic mass is 9.57. The predicted molar refractivity (Wildman–Crippen MR) is 62.7 cm³/mol. The zero-order chi connectivity index (χ0) is 12.7. The zero-order valence-electron chi connectivity index (χ0n) is 10.5. The van der Waals surface area contributed by atoms with Crippen LogP contribution in [0, 0.1) is 5.41 Å². The Morgan fingerprint density at radius 2 is 1.53 bits per heavy atom. The van der Waals surface area contributed by atoms with Gasteiger partial charge in [-0.2, -0.15) is 0 Å². The Morgan fingerprint density at radius 3 is 1.88 bits per heavy atom. The number of hydrogen-bond acceptors (Lipinski definition) is 2. The van der Waals surface area contributed by atoms with Crippen LogP contribution in [0.4, 0.5) is 4.79 Å². The van der Waals surface area contributed by atoms with E-state index < -0.39 is 11.4 Å². The van der Waals surface area contributed by atoms with E-state index in [-0.39, 0.29) is 11.6 Å². The van der Waals surface area contributed by atoms with Gasteiger partial charge in [-0.25, -0.2) is 4.79 Å². The van der Waals surface area contributed by atoms with E-state index in [0.29, 0.717) is 19.3 Å². The molecule has 3 aliphatic rings. The molecule has 3 aliphatic carbocycles. The van der Waals surface area contributed by atoms with Gasteiger partial charge in [0.15, 0.2) is 0 Å². The molecular formula is C12H20N2O3. The van der Waals surface area contributed by atoms with Crippen molar-refractivity contribution in [3.8, 4) is 0 Å². The largest absolute Gasteiger partial charge is 0.481 e. The molecule has 0 aromatic rings. The molecule has 0 unspecified atom stereocenters. The topological polar surface area (TPSA) is 69.6 Å². The standard InChI is InChI=1S/C12H20N2O3/c1-14(2)10(17)13-12-6-3-11(4-7-12,5-8-12)9(15)16/h3-8H2,1-2H3,(H,13,17)(H,15,16). The number of hydrogen-bond donors (Lipinski definition) is 2. The molecule has 0 aromatic carbocycles. The molecule has 0 aromatic heterocycles. The van der Waals surface area contributed by atoms with Crippen LogP contribution in [0.15, 0.2) is 0 Å². The average molecular weight is 240 g/mol. The quantitative estimate of drug-likeness (QED) is 0.767. The summed E-state index contributed by atoms with van der Waals surface area (Å²) < 4.78 is 0. The minimum absolute atomic E-state index is 0.0743. The zero-order valence-corrected chi connectivity index (χ0v) is 10.5. The summed E-state index contributed by atoms with van der Waals surface area (Å²) in [5.41, 5.74) is -0.664. The average Bonchev–Trinajstić information content (AvgIpc) is 2.30. The Kier molecular flexibility index (Phi) is 2.79. The Labute approximate surface area is 101 Å². The van der Waals surface area contributed by atoms with Gasteiger partial charge in [0.1, 0.15) is 0 Å².